The second-order valence-corrected chi connectivity index (χ2v) is 4.81. The van der Waals surface area contributed by atoms with Gasteiger partial charge >= 0.3 is 6.36 Å². The van der Waals surface area contributed by atoms with Crippen LogP contribution >= 0.6 is 0 Å². The zero-order chi connectivity index (χ0) is 15.0. The Morgan fingerprint density at radius 2 is 1.76 bits per heavy atom. The summed E-state index contributed by atoms with van der Waals surface area (Å²) in [5.41, 5.74) is 3.58. The maximum atomic E-state index is 12.3. The van der Waals surface area contributed by atoms with Gasteiger partial charge < -0.3 is 9.72 Å². The molecule has 0 fully saturated rings. The molecule has 0 amide bonds. The standard InChI is InChI=1S/C16H12F3NO/c1-10-9-20-15-8-12(5-6-14(10)15)11-3-2-4-13(7-11)21-16(17,18)19/h2-9,20H,1H3. The number of aromatic nitrogens is 1. The Hall–Kier alpha value is -2.43. The lowest BCUT2D eigenvalue weighted by Gasteiger charge is -2.10. The summed E-state index contributed by atoms with van der Waals surface area (Å²) in [6.07, 6.45) is -2.78. The number of hydrogen-bond acceptors (Lipinski definition) is 1. The second kappa shape index (κ2) is 4.84. The lowest BCUT2D eigenvalue weighted by atomic mass is 10.0. The number of ether oxygens (including phenoxy) is 1. The van der Waals surface area contributed by atoms with Gasteiger partial charge in [-0.1, -0.05) is 24.3 Å². The number of benzene rings is 2. The van der Waals surface area contributed by atoms with Gasteiger partial charge in [0.2, 0.25) is 0 Å². The number of fused-ring (bicyclic) bond motifs is 1. The van der Waals surface area contributed by atoms with Crippen LogP contribution in [-0.2, 0) is 0 Å². The van der Waals surface area contributed by atoms with Crippen molar-refractivity contribution in [3.63, 3.8) is 0 Å². The molecule has 3 aromatic rings. The highest BCUT2D eigenvalue weighted by molar-refractivity contribution is 5.87. The smallest absolute Gasteiger partial charge is 0.406 e. The Morgan fingerprint density at radius 1 is 1.00 bits per heavy atom. The van der Waals surface area contributed by atoms with Gasteiger partial charge in [-0.25, -0.2) is 0 Å². The Kier molecular flexibility index (Phi) is 3.12. The van der Waals surface area contributed by atoms with E-state index in [-0.39, 0.29) is 5.75 Å². The summed E-state index contributed by atoms with van der Waals surface area (Å²) in [4.78, 5) is 3.14. The molecule has 0 spiro atoms. The van der Waals surface area contributed by atoms with Crippen molar-refractivity contribution in [3.8, 4) is 16.9 Å². The molecule has 5 heteroatoms. The number of halogens is 3. The molecule has 0 aliphatic rings. The van der Waals surface area contributed by atoms with E-state index < -0.39 is 6.36 Å². The zero-order valence-electron chi connectivity index (χ0n) is 11.2. The second-order valence-electron chi connectivity index (χ2n) is 4.81. The molecule has 2 aromatic carbocycles. The van der Waals surface area contributed by atoms with Crippen LogP contribution in [-0.4, -0.2) is 11.3 Å². The number of nitrogens with one attached hydrogen (secondary N) is 1. The lowest BCUT2D eigenvalue weighted by Crippen LogP contribution is -2.17. The van der Waals surface area contributed by atoms with E-state index in [9.17, 15) is 13.2 Å². The topological polar surface area (TPSA) is 25.0 Å². The van der Waals surface area contributed by atoms with Gasteiger partial charge in [-0.05, 0) is 41.8 Å². The van der Waals surface area contributed by atoms with Crippen molar-refractivity contribution >= 4 is 10.9 Å². The van der Waals surface area contributed by atoms with Crippen molar-refractivity contribution < 1.29 is 17.9 Å². The van der Waals surface area contributed by atoms with E-state index in [2.05, 4.69) is 9.72 Å². The third-order valence-electron chi connectivity index (χ3n) is 3.29. The molecule has 1 heterocycles. The minimum Gasteiger partial charge on any atom is -0.406 e. The van der Waals surface area contributed by atoms with E-state index in [1.54, 1.807) is 12.1 Å². The molecule has 0 atom stereocenters. The Balaban J connectivity index is 2.00. The first-order valence-electron chi connectivity index (χ1n) is 6.36. The van der Waals surface area contributed by atoms with Crippen LogP contribution in [0.1, 0.15) is 5.56 Å². The van der Waals surface area contributed by atoms with Crippen LogP contribution < -0.4 is 4.74 Å². The monoisotopic (exact) mass is 291 g/mol. The van der Waals surface area contributed by atoms with Gasteiger partial charge in [-0.2, -0.15) is 0 Å². The largest absolute Gasteiger partial charge is 0.573 e. The van der Waals surface area contributed by atoms with Gasteiger partial charge in [-0.3, -0.25) is 0 Å². The quantitative estimate of drug-likeness (QED) is 0.702. The van der Waals surface area contributed by atoms with Crippen molar-refractivity contribution in [1.29, 1.82) is 0 Å². The van der Waals surface area contributed by atoms with Gasteiger partial charge in [-0.15, -0.1) is 13.2 Å². The number of aryl methyl sites for hydroxylation is 1. The SMILES string of the molecule is Cc1c[nH]c2cc(-c3cccc(OC(F)(F)F)c3)ccc12. The van der Waals surface area contributed by atoms with E-state index in [0.29, 0.717) is 5.56 Å². The third kappa shape index (κ3) is 2.86. The fraction of sp³-hybridized carbons (Fsp3) is 0.125. The van der Waals surface area contributed by atoms with Gasteiger partial charge in [0.15, 0.2) is 0 Å². The maximum Gasteiger partial charge on any atom is 0.573 e. The van der Waals surface area contributed by atoms with Crippen molar-refractivity contribution in [2.75, 3.05) is 0 Å². The van der Waals surface area contributed by atoms with Crippen LogP contribution in [0, 0.1) is 6.92 Å². The summed E-state index contributed by atoms with van der Waals surface area (Å²) < 4.78 is 40.7. The van der Waals surface area contributed by atoms with E-state index >= 15 is 0 Å². The van der Waals surface area contributed by atoms with E-state index in [1.807, 2.05) is 31.3 Å². The van der Waals surface area contributed by atoms with E-state index in [0.717, 1.165) is 22.0 Å². The Labute approximate surface area is 119 Å². The summed E-state index contributed by atoms with van der Waals surface area (Å²) in [7, 11) is 0. The fourth-order valence-corrected chi connectivity index (χ4v) is 2.32. The molecular formula is C16H12F3NO. The molecule has 0 radical (unpaired) electrons. The first-order valence-corrected chi connectivity index (χ1v) is 6.36. The molecule has 0 aliphatic heterocycles. The molecule has 2 nitrogen and oxygen atoms in total. The average molecular weight is 291 g/mol. The summed E-state index contributed by atoms with van der Waals surface area (Å²) in [6, 6.07) is 11.7. The molecule has 0 saturated carbocycles. The summed E-state index contributed by atoms with van der Waals surface area (Å²) in [5, 5.41) is 1.10. The minimum absolute atomic E-state index is 0.220. The van der Waals surface area contributed by atoms with Crippen LogP contribution in [0.15, 0.2) is 48.7 Å². The van der Waals surface area contributed by atoms with Crippen LogP contribution in [0.25, 0.3) is 22.0 Å². The van der Waals surface area contributed by atoms with Crippen molar-refractivity contribution in [3.05, 3.63) is 54.2 Å². The summed E-state index contributed by atoms with van der Waals surface area (Å²) in [5.74, 6) is -0.220. The molecule has 3 rings (SSSR count). The first-order chi connectivity index (χ1) is 9.92. The number of rotatable bonds is 2. The highest BCUT2D eigenvalue weighted by Crippen LogP contribution is 2.30. The van der Waals surface area contributed by atoms with Gasteiger partial charge in [0, 0.05) is 17.1 Å². The number of alkyl halides is 3. The van der Waals surface area contributed by atoms with Crippen LogP contribution in [0.4, 0.5) is 13.2 Å². The van der Waals surface area contributed by atoms with Crippen LogP contribution in [0.5, 0.6) is 5.75 Å². The molecule has 0 aliphatic carbocycles. The Morgan fingerprint density at radius 3 is 2.52 bits per heavy atom. The minimum atomic E-state index is -4.68. The molecule has 108 valence electrons. The van der Waals surface area contributed by atoms with E-state index in [4.69, 9.17) is 0 Å². The third-order valence-corrected chi connectivity index (χ3v) is 3.29. The van der Waals surface area contributed by atoms with Gasteiger partial charge in [0.05, 0.1) is 0 Å². The average Bonchev–Trinajstić information content (AvgIpc) is 2.78. The Bertz CT molecular complexity index is 790. The molecule has 21 heavy (non-hydrogen) atoms. The summed E-state index contributed by atoms with van der Waals surface area (Å²) in [6.45, 7) is 2.00. The predicted octanol–water partition coefficient (Wildman–Crippen LogP) is 5.04. The predicted molar refractivity (Wildman–Crippen MR) is 75.2 cm³/mol. The van der Waals surface area contributed by atoms with Crippen molar-refractivity contribution in [2.24, 2.45) is 0 Å². The molecule has 1 N–H and O–H groups in total. The molecule has 0 unspecified atom stereocenters. The highest BCUT2D eigenvalue weighted by Gasteiger charge is 2.31. The normalized spacial score (nSPS) is 11.8. The number of hydrogen-bond donors (Lipinski definition) is 1. The van der Waals surface area contributed by atoms with E-state index in [1.165, 1.54) is 12.1 Å². The van der Waals surface area contributed by atoms with Gasteiger partial charge in [0.25, 0.3) is 0 Å². The summed E-state index contributed by atoms with van der Waals surface area (Å²) >= 11 is 0. The fourth-order valence-electron chi connectivity index (χ4n) is 2.32. The van der Waals surface area contributed by atoms with Crippen molar-refractivity contribution in [1.82, 2.24) is 4.98 Å². The molecule has 0 bridgehead atoms. The first kappa shape index (κ1) is 13.5. The molecule has 1 aromatic heterocycles. The molecular weight excluding hydrogens is 279 g/mol. The molecule has 0 saturated heterocycles. The highest BCUT2D eigenvalue weighted by atomic mass is 19.4. The van der Waals surface area contributed by atoms with Crippen molar-refractivity contribution in [2.45, 2.75) is 13.3 Å². The number of H-pyrrole nitrogens is 1. The maximum absolute atomic E-state index is 12.3. The number of aromatic amines is 1. The van der Waals surface area contributed by atoms with Crippen LogP contribution in [0.3, 0.4) is 0 Å². The zero-order valence-corrected chi connectivity index (χ0v) is 11.2. The van der Waals surface area contributed by atoms with Crippen LogP contribution in [0.2, 0.25) is 0 Å². The lowest BCUT2D eigenvalue weighted by molar-refractivity contribution is -0.274. The van der Waals surface area contributed by atoms with Gasteiger partial charge in [0.1, 0.15) is 5.75 Å².